The Kier molecular flexibility index (Phi) is 7.25. The molecule has 0 bridgehead atoms. The molecule has 3 N–H and O–H groups in total. The average molecular weight is 272 g/mol. The molecule has 19 heavy (non-hydrogen) atoms. The summed E-state index contributed by atoms with van der Waals surface area (Å²) in [5, 5.41) is 14.0. The molecule has 0 saturated heterocycles. The quantitative estimate of drug-likeness (QED) is 0.524. The number of ether oxygens (including phenoxy) is 1. The van der Waals surface area contributed by atoms with Crippen molar-refractivity contribution in [2.75, 3.05) is 19.8 Å². The Labute approximate surface area is 113 Å². The number of aliphatic carboxylic acids is 1. The molecule has 0 aliphatic heterocycles. The fourth-order valence-electron chi connectivity index (χ4n) is 1.65. The van der Waals surface area contributed by atoms with Crippen molar-refractivity contribution in [1.82, 2.24) is 10.6 Å². The number of rotatable bonds is 10. The molecule has 0 radical (unpaired) electrons. The first kappa shape index (κ1) is 15.8. The van der Waals surface area contributed by atoms with Crippen LogP contribution >= 0.6 is 0 Å². The highest BCUT2D eigenvalue weighted by molar-refractivity contribution is 5.82. The number of hydrogen-bond donors (Lipinski definition) is 3. The highest BCUT2D eigenvalue weighted by Gasteiger charge is 2.21. The molecule has 0 spiro atoms. The molecule has 1 aliphatic rings. The zero-order valence-electron chi connectivity index (χ0n) is 11.5. The van der Waals surface area contributed by atoms with Crippen molar-refractivity contribution in [2.24, 2.45) is 5.92 Å². The molecule has 110 valence electrons. The van der Waals surface area contributed by atoms with E-state index in [1.165, 1.54) is 12.8 Å². The Bertz CT molecular complexity index is 292. The van der Waals surface area contributed by atoms with E-state index < -0.39 is 18.0 Å². The minimum atomic E-state index is -0.992. The zero-order valence-corrected chi connectivity index (χ0v) is 11.5. The maximum atomic E-state index is 11.5. The van der Waals surface area contributed by atoms with E-state index in [4.69, 9.17) is 9.84 Å². The van der Waals surface area contributed by atoms with Gasteiger partial charge in [-0.1, -0.05) is 19.8 Å². The molecule has 0 aromatic carbocycles. The van der Waals surface area contributed by atoms with E-state index in [1.54, 1.807) is 0 Å². The number of amides is 2. The van der Waals surface area contributed by atoms with Crippen molar-refractivity contribution in [2.45, 2.75) is 45.1 Å². The molecule has 0 heterocycles. The summed E-state index contributed by atoms with van der Waals surface area (Å²) in [5.41, 5.74) is 0. The minimum Gasteiger partial charge on any atom is -0.480 e. The number of hydrogen-bond acceptors (Lipinski definition) is 3. The van der Waals surface area contributed by atoms with Crippen molar-refractivity contribution in [3.05, 3.63) is 0 Å². The topological polar surface area (TPSA) is 87.7 Å². The number of carboxylic acid groups (broad SMARTS) is 1. The third-order valence-electron chi connectivity index (χ3n) is 3.03. The molecule has 1 unspecified atom stereocenters. The molecule has 2 amide bonds. The third kappa shape index (κ3) is 7.66. The third-order valence-corrected chi connectivity index (χ3v) is 3.03. The van der Waals surface area contributed by atoms with Gasteiger partial charge >= 0.3 is 12.0 Å². The molecule has 1 fully saturated rings. The summed E-state index contributed by atoms with van der Waals surface area (Å²) in [4.78, 5) is 22.4. The van der Waals surface area contributed by atoms with E-state index in [1.807, 2.05) is 6.92 Å². The van der Waals surface area contributed by atoms with Crippen LogP contribution < -0.4 is 10.6 Å². The fraction of sp³-hybridized carbons (Fsp3) is 0.846. The van der Waals surface area contributed by atoms with Gasteiger partial charge in [-0.2, -0.15) is 0 Å². The van der Waals surface area contributed by atoms with Crippen LogP contribution in [0.5, 0.6) is 0 Å². The summed E-state index contributed by atoms with van der Waals surface area (Å²) in [7, 11) is 0. The summed E-state index contributed by atoms with van der Waals surface area (Å²) in [5.74, 6) is -0.284. The van der Waals surface area contributed by atoms with Crippen LogP contribution in [0, 0.1) is 5.92 Å². The van der Waals surface area contributed by atoms with E-state index in [2.05, 4.69) is 10.6 Å². The van der Waals surface area contributed by atoms with Crippen LogP contribution in [-0.4, -0.2) is 42.9 Å². The second-order valence-corrected chi connectivity index (χ2v) is 4.95. The molecule has 6 heteroatoms. The smallest absolute Gasteiger partial charge is 0.326 e. The van der Waals surface area contributed by atoms with Crippen molar-refractivity contribution in [1.29, 1.82) is 0 Å². The number of urea groups is 1. The first-order chi connectivity index (χ1) is 9.13. The Morgan fingerprint density at radius 2 is 2.16 bits per heavy atom. The number of carboxylic acids is 1. The number of nitrogens with one attached hydrogen (secondary N) is 2. The number of unbranched alkanes of at least 4 members (excludes halogenated alkanes) is 1. The van der Waals surface area contributed by atoms with Gasteiger partial charge in [0.1, 0.15) is 6.04 Å². The monoisotopic (exact) mass is 272 g/mol. The van der Waals surface area contributed by atoms with Gasteiger partial charge in [-0.3, -0.25) is 0 Å². The Hall–Kier alpha value is -1.30. The predicted molar refractivity (Wildman–Crippen MR) is 71.0 cm³/mol. The standard InChI is InChI=1S/C13H24N2O4/c1-2-3-4-11(12(16)17)15-13(18)14-7-8-19-9-10-5-6-10/h10-11H,2-9H2,1H3,(H,16,17)(H2,14,15,18). The summed E-state index contributed by atoms with van der Waals surface area (Å²) < 4.78 is 5.37. The Morgan fingerprint density at radius 3 is 2.74 bits per heavy atom. The van der Waals surface area contributed by atoms with Gasteiger partial charge in [0.05, 0.1) is 6.61 Å². The largest absolute Gasteiger partial charge is 0.480 e. The van der Waals surface area contributed by atoms with Crippen molar-refractivity contribution < 1.29 is 19.4 Å². The summed E-state index contributed by atoms with van der Waals surface area (Å²) >= 11 is 0. The molecule has 0 aromatic rings. The lowest BCUT2D eigenvalue weighted by Crippen LogP contribution is -2.46. The van der Waals surface area contributed by atoms with Crippen molar-refractivity contribution >= 4 is 12.0 Å². The number of carbonyl (C=O) groups excluding carboxylic acids is 1. The summed E-state index contributed by atoms with van der Waals surface area (Å²) in [6.45, 7) is 3.61. The van der Waals surface area contributed by atoms with Gasteiger partial charge in [-0.25, -0.2) is 9.59 Å². The molecular formula is C13H24N2O4. The lowest BCUT2D eigenvalue weighted by atomic mass is 10.1. The van der Waals surface area contributed by atoms with E-state index in [-0.39, 0.29) is 0 Å². The molecule has 6 nitrogen and oxygen atoms in total. The van der Waals surface area contributed by atoms with Gasteiger partial charge in [0.25, 0.3) is 0 Å². The molecule has 1 aliphatic carbocycles. The second-order valence-electron chi connectivity index (χ2n) is 4.95. The summed E-state index contributed by atoms with van der Waals surface area (Å²) in [6, 6.07) is -1.26. The zero-order chi connectivity index (χ0) is 14.1. The highest BCUT2D eigenvalue weighted by atomic mass is 16.5. The fourth-order valence-corrected chi connectivity index (χ4v) is 1.65. The van der Waals surface area contributed by atoms with Gasteiger partial charge in [-0.05, 0) is 25.2 Å². The molecule has 1 rings (SSSR count). The van der Waals surface area contributed by atoms with Crippen molar-refractivity contribution in [3.63, 3.8) is 0 Å². The van der Waals surface area contributed by atoms with Crippen LogP contribution in [0.3, 0.4) is 0 Å². The van der Waals surface area contributed by atoms with Crippen LogP contribution in [-0.2, 0) is 9.53 Å². The van der Waals surface area contributed by atoms with E-state index in [0.717, 1.165) is 19.4 Å². The van der Waals surface area contributed by atoms with Crippen LogP contribution in [0.2, 0.25) is 0 Å². The van der Waals surface area contributed by atoms with Crippen LogP contribution in [0.4, 0.5) is 4.79 Å². The molecule has 1 saturated carbocycles. The maximum Gasteiger partial charge on any atom is 0.326 e. The van der Waals surface area contributed by atoms with E-state index >= 15 is 0 Å². The van der Waals surface area contributed by atoms with Crippen LogP contribution in [0.1, 0.15) is 39.0 Å². The first-order valence-electron chi connectivity index (χ1n) is 6.98. The molecular weight excluding hydrogens is 248 g/mol. The van der Waals surface area contributed by atoms with Crippen molar-refractivity contribution in [3.8, 4) is 0 Å². The van der Waals surface area contributed by atoms with Crippen LogP contribution in [0.25, 0.3) is 0 Å². The minimum absolute atomic E-state index is 0.401. The Morgan fingerprint density at radius 1 is 1.42 bits per heavy atom. The average Bonchev–Trinajstić information content (AvgIpc) is 3.17. The van der Waals surface area contributed by atoms with E-state index in [9.17, 15) is 9.59 Å². The SMILES string of the molecule is CCCCC(NC(=O)NCCOCC1CC1)C(=O)O. The van der Waals surface area contributed by atoms with Gasteiger partial charge in [0.15, 0.2) is 0 Å². The Balaban J connectivity index is 2.06. The predicted octanol–water partition coefficient (Wildman–Crippen LogP) is 1.36. The van der Waals surface area contributed by atoms with Crippen LogP contribution in [0.15, 0.2) is 0 Å². The lowest BCUT2D eigenvalue weighted by Gasteiger charge is -2.14. The maximum absolute atomic E-state index is 11.5. The number of carbonyl (C=O) groups is 2. The van der Waals surface area contributed by atoms with Gasteiger partial charge in [0.2, 0.25) is 0 Å². The normalized spacial score (nSPS) is 15.8. The first-order valence-corrected chi connectivity index (χ1v) is 6.98. The molecule has 1 atom stereocenters. The van der Waals surface area contributed by atoms with E-state index in [0.29, 0.717) is 25.5 Å². The highest BCUT2D eigenvalue weighted by Crippen LogP contribution is 2.28. The summed E-state index contributed by atoms with van der Waals surface area (Å²) in [6.07, 6.45) is 4.62. The van der Waals surface area contributed by atoms with Gasteiger partial charge in [0, 0.05) is 13.2 Å². The molecule has 0 aromatic heterocycles. The van der Waals surface area contributed by atoms with Gasteiger partial charge in [-0.15, -0.1) is 0 Å². The second kappa shape index (κ2) is 8.74. The van der Waals surface area contributed by atoms with Gasteiger partial charge < -0.3 is 20.5 Å². The lowest BCUT2D eigenvalue weighted by molar-refractivity contribution is -0.139.